The van der Waals surface area contributed by atoms with Gasteiger partial charge in [-0.2, -0.15) is 0 Å². The Morgan fingerprint density at radius 2 is 1.22 bits per heavy atom. The van der Waals surface area contributed by atoms with Gasteiger partial charge in [0.25, 0.3) is 0 Å². The van der Waals surface area contributed by atoms with E-state index < -0.39 is 5.79 Å². The monoisotopic (exact) mass is 315 g/mol. The fourth-order valence-electron chi connectivity index (χ4n) is 0.493. The first-order valence-electron chi connectivity index (χ1n) is 2.15. The topological polar surface area (TPSA) is 107 Å². The molecule has 1 fully saturated rings. The van der Waals surface area contributed by atoms with E-state index in [0.717, 1.165) is 6.42 Å². The summed E-state index contributed by atoms with van der Waals surface area (Å²) in [6, 6.07) is 0. The van der Waals surface area contributed by atoms with Crippen molar-refractivity contribution in [2.75, 3.05) is 0 Å². The average Bonchev–Trinajstić information content (AvgIpc) is 1.32. The van der Waals surface area contributed by atoms with Crippen molar-refractivity contribution in [3.63, 3.8) is 0 Å². The first kappa shape index (κ1) is 16.3. The largest absolute Gasteiger partial charge is 2.00 e. The Balaban J connectivity index is -0.000000120. The molecular weight excluding hydrogens is 303 g/mol. The van der Waals surface area contributed by atoms with Crippen LogP contribution in [0.4, 0.5) is 0 Å². The predicted molar refractivity (Wildman–Crippen MR) is 31.6 cm³/mol. The van der Waals surface area contributed by atoms with Crippen molar-refractivity contribution in [1.82, 2.24) is 0 Å². The van der Waals surface area contributed by atoms with Gasteiger partial charge in [0, 0.05) is 12.8 Å². The van der Waals surface area contributed by atoms with Gasteiger partial charge in [-0.25, -0.2) is 0 Å². The van der Waals surface area contributed by atoms with Gasteiger partial charge < -0.3 is 22.5 Å². The van der Waals surface area contributed by atoms with E-state index in [2.05, 4.69) is 0 Å². The maximum absolute atomic E-state index is 8.47. The smallest absolute Gasteiger partial charge is 0.693 e. The molecule has 0 amide bonds. The van der Waals surface area contributed by atoms with Crippen LogP contribution in [0.2, 0.25) is 0 Å². The summed E-state index contributed by atoms with van der Waals surface area (Å²) in [5, 5.41) is 16.9. The Bertz CT molecular complexity index is 63.6. The summed E-state index contributed by atoms with van der Waals surface area (Å²) in [6.45, 7) is 0. The molecule has 1 rings (SSSR count). The summed E-state index contributed by atoms with van der Waals surface area (Å²) in [5.74, 6) is -1.28. The maximum Gasteiger partial charge on any atom is 2.00 e. The van der Waals surface area contributed by atoms with E-state index in [-0.39, 0.29) is 33.4 Å². The summed E-state index contributed by atoms with van der Waals surface area (Å²) < 4.78 is 0. The predicted octanol–water partition coefficient (Wildman–Crippen LogP) is 1.28. The normalized spacial score (nSPS) is 19.3. The van der Waals surface area contributed by atoms with Crippen LogP contribution < -0.4 is 0 Å². The van der Waals surface area contributed by atoms with Gasteiger partial charge in [0.1, 0.15) is 0 Å². The summed E-state index contributed by atoms with van der Waals surface area (Å²) in [5.41, 5.74) is 0. The molecule has 0 radical (unpaired) electrons. The van der Waals surface area contributed by atoms with Crippen molar-refractivity contribution in [3.05, 3.63) is 12.3 Å². The Morgan fingerprint density at radius 1 is 1.00 bits per heavy atom. The van der Waals surface area contributed by atoms with E-state index in [0.29, 0.717) is 12.8 Å². The number of rotatable bonds is 0. The molecule has 0 unspecified atom stereocenters. The van der Waals surface area contributed by atoms with Crippen molar-refractivity contribution < 1.29 is 31.3 Å². The van der Waals surface area contributed by atoms with Gasteiger partial charge in [0.2, 0.25) is 0 Å². The number of hydrogen-bond acceptors (Lipinski definition) is 2. The molecule has 0 spiro atoms. The zero-order chi connectivity index (χ0) is 4.62. The molecule has 0 aromatic carbocycles. The number of hydrogen-bond donors (Lipinski definition) is 2. The molecular formula is C4H12N2O2Pt. The van der Waals surface area contributed by atoms with E-state index >= 15 is 0 Å². The standard InChI is InChI=1S/C4H8O2.2H2N.Pt/c5-4(6)2-1-3-4;;;/h5-6H,1-3H2;2*1H2;/q;2*-1;+2. The van der Waals surface area contributed by atoms with Gasteiger partial charge in [-0.15, -0.1) is 0 Å². The van der Waals surface area contributed by atoms with Gasteiger partial charge in [0.15, 0.2) is 5.79 Å². The third kappa shape index (κ3) is 5.00. The summed E-state index contributed by atoms with van der Waals surface area (Å²) in [4.78, 5) is 0. The first-order chi connectivity index (χ1) is 2.71. The minimum absolute atomic E-state index is 0. The fraction of sp³-hybridized carbons (Fsp3) is 1.00. The molecule has 1 aliphatic carbocycles. The van der Waals surface area contributed by atoms with E-state index in [9.17, 15) is 0 Å². The minimum atomic E-state index is -1.28. The van der Waals surface area contributed by atoms with Crippen LogP contribution in [0.5, 0.6) is 0 Å². The summed E-state index contributed by atoms with van der Waals surface area (Å²) in [6.07, 6.45) is 2.09. The second-order valence-corrected chi connectivity index (χ2v) is 1.84. The van der Waals surface area contributed by atoms with Crippen LogP contribution in [0, 0.1) is 0 Å². The Kier molecular flexibility index (Phi) is 9.62. The Hall–Kier alpha value is 0.528. The molecule has 4 nitrogen and oxygen atoms in total. The van der Waals surface area contributed by atoms with Gasteiger partial charge in [0.05, 0.1) is 0 Å². The zero-order valence-corrected chi connectivity index (χ0v) is 7.26. The van der Waals surface area contributed by atoms with Crippen LogP contribution >= 0.6 is 0 Å². The molecule has 60 valence electrons. The molecule has 0 saturated heterocycles. The Morgan fingerprint density at radius 3 is 1.22 bits per heavy atom. The van der Waals surface area contributed by atoms with Crippen LogP contribution in [0.25, 0.3) is 12.3 Å². The molecule has 9 heavy (non-hydrogen) atoms. The summed E-state index contributed by atoms with van der Waals surface area (Å²) in [7, 11) is 0. The van der Waals surface area contributed by atoms with Crippen LogP contribution in [-0.2, 0) is 21.1 Å². The van der Waals surface area contributed by atoms with E-state index in [4.69, 9.17) is 10.2 Å². The molecule has 5 heteroatoms. The molecule has 0 atom stereocenters. The van der Waals surface area contributed by atoms with Crippen molar-refractivity contribution in [2.24, 2.45) is 0 Å². The second kappa shape index (κ2) is 5.32. The van der Waals surface area contributed by atoms with Crippen molar-refractivity contribution in [1.29, 1.82) is 0 Å². The molecule has 0 aliphatic heterocycles. The minimum Gasteiger partial charge on any atom is -0.693 e. The quantitative estimate of drug-likeness (QED) is 0.657. The Labute approximate surface area is 69.1 Å². The third-order valence-corrected chi connectivity index (χ3v) is 1.15. The molecule has 0 aromatic heterocycles. The van der Waals surface area contributed by atoms with Gasteiger partial charge in [-0.3, -0.25) is 0 Å². The van der Waals surface area contributed by atoms with Crippen molar-refractivity contribution >= 4 is 0 Å². The fourth-order valence-corrected chi connectivity index (χ4v) is 0.493. The third-order valence-electron chi connectivity index (χ3n) is 1.15. The molecule has 0 heterocycles. The van der Waals surface area contributed by atoms with Crippen LogP contribution in [0.15, 0.2) is 0 Å². The number of aliphatic hydroxyl groups is 2. The maximum atomic E-state index is 8.47. The van der Waals surface area contributed by atoms with Gasteiger partial charge >= 0.3 is 21.1 Å². The van der Waals surface area contributed by atoms with Crippen LogP contribution in [0.3, 0.4) is 0 Å². The van der Waals surface area contributed by atoms with E-state index in [1.165, 1.54) is 0 Å². The van der Waals surface area contributed by atoms with E-state index in [1.807, 2.05) is 0 Å². The van der Waals surface area contributed by atoms with Crippen molar-refractivity contribution in [2.45, 2.75) is 25.0 Å². The van der Waals surface area contributed by atoms with Crippen LogP contribution in [0.1, 0.15) is 19.3 Å². The molecule has 6 N–H and O–H groups in total. The van der Waals surface area contributed by atoms with E-state index in [1.54, 1.807) is 0 Å². The molecule has 1 aliphatic rings. The molecule has 1 saturated carbocycles. The summed E-state index contributed by atoms with van der Waals surface area (Å²) >= 11 is 0. The molecule has 0 bridgehead atoms. The van der Waals surface area contributed by atoms with Crippen LogP contribution in [-0.4, -0.2) is 16.0 Å². The second-order valence-electron chi connectivity index (χ2n) is 1.84. The first-order valence-corrected chi connectivity index (χ1v) is 2.15. The zero-order valence-electron chi connectivity index (χ0n) is 4.99. The SMILES string of the molecule is OC1(O)CCC1.[NH2-].[NH2-].[Pt+2]. The van der Waals surface area contributed by atoms with Gasteiger partial charge in [-0.1, -0.05) is 0 Å². The molecule has 0 aromatic rings. The van der Waals surface area contributed by atoms with Gasteiger partial charge in [-0.05, 0) is 6.42 Å². The number of nitrogens with two attached hydrogens (primary N) is 2. The van der Waals surface area contributed by atoms with Crippen molar-refractivity contribution in [3.8, 4) is 0 Å². The average molecular weight is 315 g/mol.